The van der Waals surface area contributed by atoms with Crippen LogP contribution in [0.25, 0.3) is 0 Å². The highest BCUT2D eigenvalue weighted by Gasteiger charge is 2.28. The van der Waals surface area contributed by atoms with Crippen molar-refractivity contribution in [2.45, 2.75) is 64.5 Å². The second-order valence-corrected chi connectivity index (χ2v) is 9.04. The Bertz CT molecular complexity index is 730. The molecule has 0 spiro atoms. The molecule has 1 aromatic carbocycles. The molecule has 1 saturated carbocycles. The molecule has 0 bridgehead atoms. The monoisotopic (exact) mass is 402 g/mol. The van der Waals surface area contributed by atoms with E-state index in [0.717, 1.165) is 5.69 Å². The molecule has 1 aliphatic carbocycles. The van der Waals surface area contributed by atoms with Gasteiger partial charge in [-0.1, -0.05) is 19.3 Å². The zero-order valence-corrected chi connectivity index (χ0v) is 17.9. The first-order chi connectivity index (χ1) is 13.7. The summed E-state index contributed by atoms with van der Waals surface area (Å²) in [4.78, 5) is 28.5. The number of hydrogen-bond donors (Lipinski definition) is 2. The number of nitrogens with zero attached hydrogens (tertiary/aromatic N) is 2. The van der Waals surface area contributed by atoms with Crippen LogP contribution in [0.15, 0.2) is 18.2 Å². The third-order valence-corrected chi connectivity index (χ3v) is 5.48. The van der Waals surface area contributed by atoms with Gasteiger partial charge in [0.1, 0.15) is 5.60 Å². The molecule has 1 aliphatic heterocycles. The Labute approximate surface area is 173 Å². The molecular formula is C22H34N4O3. The van der Waals surface area contributed by atoms with Crippen molar-refractivity contribution in [1.29, 1.82) is 0 Å². The largest absolute Gasteiger partial charge is 0.444 e. The van der Waals surface area contributed by atoms with Gasteiger partial charge < -0.3 is 25.6 Å². The van der Waals surface area contributed by atoms with Crippen LogP contribution in [0.5, 0.6) is 0 Å². The molecule has 1 heterocycles. The van der Waals surface area contributed by atoms with Crippen molar-refractivity contribution in [2.24, 2.45) is 0 Å². The van der Waals surface area contributed by atoms with Gasteiger partial charge in [0.25, 0.3) is 5.91 Å². The predicted octanol–water partition coefficient (Wildman–Crippen LogP) is 3.71. The number of carbonyl (C=O) groups excluding carboxylic acids is 2. The van der Waals surface area contributed by atoms with Gasteiger partial charge in [-0.05, 0) is 51.8 Å². The Balaban J connectivity index is 1.55. The average molecular weight is 403 g/mol. The minimum absolute atomic E-state index is 0.0512. The third-order valence-electron chi connectivity index (χ3n) is 5.48. The van der Waals surface area contributed by atoms with Gasteiger partial charge in [-0.2, -0.15) is 0 Å². The zero-order valence-electron chi connectivity index (χ0n) is 17.9. The molecule has 160 valence electrons. The Morgan fingerprint density at radius 2 is 1.66 bits per heavy atom. The van der Waals surface area contributed by atoms with E-state index in [1.54, 1.807) is 15.9 Å². The van der Waals surface area contributed by atoms with E-state index in [1.165, 1.54) is 32.1 Å². The van der Waals surface area contributed by atoms with Crippen molar-refractivity contribution in [3.63, 3.8) is 0 Å². The maximum Gasteiger partial charge on any atom is 0.410 e. The zero-order chi connectivity index (χ0) is 21.0. The first-order valence-corrected chi connectivity index (χ1v) is 10.7. The highest BCUT2D eigenvalue weighted by molar-refractivity contribution is 5.96. The molecule has 29 heavy (non-hydrogen) atoms. The SMILES string of the molecule is CC(C)(C)OC(=O)N1CCN(C(=O)c2ccc(NC3CCCCC3)c(N)c2)CC1. The number of nitrogens with one attached hydrogen (secondary N) is 1. The maximum atomic E-state index is 12.9. The Hall–Kier alpha value is -2.44. The normalized spacial score (nSPS) is 18.4. The summed E-state index contributed by atoms with van der Waals surface area (Å²) < 4.78 is 5.41. The van der Waals surface area contributed by atoms with Gasteiger partial charge in [0, 0.05) is 37.8 Å². The second kappa shape index (κ2) is 8.93. The quantitative estimate of drug-likeness (QED) is 0.753. The lowest BCUT2D eigenvalue weighted by molar-refractivity contribution is 0.0141. The van der Waals surface area contributed by atoms with Gasteiger partial charge in [0.2, 0.25) is 0 Å². The van der Waals surface area contributed by atoms with E-state index in [1.807, 2.05) is 32.9 Å². The highest BCUT2D eigenvalue weighted by atomic mass is 16.6. The molecule has 0 atom stereocenters. The molecule has 2 fully saturated rings. The van der Waals surface area contributed by atoms with Gasteiger partial charge in [0.15, 0.2) is 0 Å². The van der Waals surface area contributed by atoms with Crippen LogP contribution in [0, 0.1) is 0 Å². The second-order valence-electron chi connectivity index (χ2n) is 9.04. The van der Waals surface area contributed by atoms with Crippen molar-refractivity contribution in [2.75, 3.05) is 37.2 Å². The maximum absolute atomic E-state index is 12.9. The van der Waals surface area contributed by atoms with Gasteiger partial charge in [-0.3, -0.25) is 4.79 Å². The summed E-state index contributed by atoms with van der Waals surface area (Å²) in [6.45, 7) is 7.46. The predicted molar refractivity (Wildman–Crippen MR) is 115 cm³/mol. The van der Waals surface area contributed by atoms with E-state index in [2.05, 4.69) is 5.32 Å². The minimum atomic E-state index is -0.519. The van der Waals surface area contributed by atoms with Crippen molar-refractivity contribution in [1.82, 2.24) is 9.80 Å². The fraction of sp³-hybridized carbons (Fsp3) is 0.636. The molecule has 3 N–H and O–H groups in total. The molecule has 2 aliphatic rings. The van der Waals surface area contributed by atoms with E-state index in [4.69, 9.17) is 10.5 Å². The number of piperazine rings is 1. The molecule has 0 aromatic heterocycles. The summed E-state index contributed by atoms with van der Waals surface area (Å²) in [7, 11) is 0. The van der Waals surface area contributed by atoms with Crippen molar-refractivity contribution < 1.29 is 14.3 Å². The first-order valence-electron chi connectivity index (χ1n) is 10.7. The number of amides is 2. The fourth-order valence-electron chi connectivity index (χ4n) is 3.90. The van der Waals surface area contributed by atoms with Crippen molar-refractivity contribution in [3.8, 4) is 0 Å². The molecule has 1 saturated heterocycles. The van der Waals surface area contributed by atoms with Crippen LogP contribution < -0.4 is 11.1 Å². The van der Waals surface area contributed by atoms with E-state index >= 15 is 0 Å². The Morgan fingerprint density at radius 1 is 1.03 bits per heavy atom. The first kappa shape index (κ1) is 21.3. The molecule has 0 unspecified atom stereocenters. The summed E-state index contributed by atoms with van der Waals surface area (Å²) in [6.07, 6.45) is 5.83. The van der Waals surface area contributed by atoms with Crippen molar-refractivity contribution in [3.05, 3.63) is 23.8 Å². The topological polar surface area (TPSA) is 87.9 Å². The standard InChI is InChI=1S/C22H34N4O3/c1-22(2,3)29-21(28)26-13-11-25(12-14-26)20(27)16-9-10-19(18(23)15-16)24-17-7-5-4-6-8-17/h9-10,15,17,24H,4-8,11-14,23H2,1-3H3. The number of nitrogens with two attached hydrogens (primary N) is 1. The number of rotatable bonds is 3. The van der Waals surface area contributed by atoms with Crippen LogP contribution >= 0.6 is 0 Å². The van der Waals surface area contributed by atoms with Crippen LogP contribution in [0.2, 0.25) is 0 Å². The lowest BCUT2D eigenvalue weighted by atomic mass is 9.95. The van der Waals surface area contributed by atoms with Gasteiger partial charge >= 0.3 is 6.09 Å². The van der Waals surface area contributed by atoms with Crippen molar-refractivity contribution >= 4 is 23.4 Å². The lowest BCUT2D eigenvalue weighted by Crippen LogP contribution is -2.51. The summed E-state index contributed by atoms with van der Waals surface area (Å²) in [5, 5.41) is 3.52. The average Bonchev–Trinajstić information content (AvgIpc) is 2.68. The molecule has 2 amide bonds. The third kappa shape index (κ3) is 5.78. The van der Waals surface area contributed by atoms with Crippen LogP contribution in [0.1, 0.15) is 63.2 Å². The minimum Gasteiger partial charge on any atom is -0.444 e. The molecule has 1 aromatic rings. The summed E-state index contributed by atoms with van der Waals surface area (Å²) >= 11 is 0. The van der Waals surface area contributed by atoms with Gasteiger partial charge in [-0.25, -0.2) is 4.79 Å². The molecule has 7 heteroatoms. The summed E-state index contributed by atoms with van der Waals surface area (Å²) in [5.41, 5.74) is 7.80. The Kier molecular flexibility index (Phi) is 6.55. The van der Waals surface area contributed by atoms with E-state index in [-0.39, 0.29) is 12.0 Å². The highest BCUT2D eigenvalue weighted by Crippen LogP contribution is 2.26. The molecular weight excluding hydrogens is 368 g/mol. The van der Waals surface area contributed by atoms with Gasteiger partial charge in [-0.15, -0.1) is 0 Å². The van der Waals surface area contributed by atoms with Crippen LogP contribution in [-0.4, -0.2) is 59.6 Å². The lowest BCUT2D eigenvalue weighted by Gasteiger charge is -2.35. The number of benzene rings is 1. The van der Waals surface area contributed by atoms with Crippen LogP contribution in [0.3, 0.4) is 0 Å². The number of carbonyl (C=O) groups is 2. The molecule has 0 radical (unpaired) electrons. The van der Waals surface area contributed by atoms with Gasteiger partial charge in [0.05, 0.1) is 11.4 Å². The van der Waals surface area contributed by atoms with Crippen LogP contribution in [-0.2, 0) is 4.74 Å². The smallest absolute Gasteiger partial charge is 0.410 e. The number of anilines is 2. The van der Waals surface area contributed by atoms with E-state index in [0.29, 0.717) is 43.5 Å². The summed E-state index contributed by atoms with van der Waals surface area (Å²) in [6, 6.07) is 5.97. The van der Waals surface area contributed by atoms with Crippen LogP contribution in [0.4, 0.5) is 16.2 Å². The number of hydrogen-bond acceptors (Lipinski definition) is 5. The number of ether oxygens (including phenoxy) is 1. The number of nitrogen functional groups attached to an aromatic ring is 1. The Morgan fingerprint density at radius 3 is 2.24 bits per heavy atom. The molecule has 3 rings (SSSR count). The van der Waals surface area contributed by atoms with E-state index < -0.39 is 5.60 Å². The van der Waals surface area contributed by atoms with E-state index in [9.17, 15) is 9.59 Å². The fourth-order valence-corrected chi connectivity index (χ4v) is 3.90. The molecule has 7 nitrogen and oxygen atoms in total. The summed E-state index contributed by atoms with van der Waals surface area (Å²) in [5.74, 6) is -0.0512.